The van der Waals surface area contributed by atoms with E-state index in [0.717, 1.165) is 29.1 Å². The van der Waals surface area contributed by atoms with Crippen LogP contribution in [0.25, 0.3) is 0 Å². The summed E-state index contributed by atoms with van der Waals surface area (Å²) < 4.78 is 5.28. The first-order chi connectivity index (χ1) is 8.61. The van der Waals surface area contributed by atoms with Crippen LogP contribution in [-0.4, -0.2) is 12.2 Å². The average molecular weight is 266 g/mol. The summed E-state index contributed by atoms with van der Waals surface area (Å²) >= 11 is 6.00. The molecule has 2 rings (SSSR count). The Morgan fingerprint density at radius 1 is 1.28 bits per heavy atom. The summed E-state index contributed by atoms with van der Waals surface area (Å²) in [4.78, 5) is 2.05. The molecule has 0 aliphatic rings. The van der Waals surface area contributed by atoms with E-state index in [4.69, 9.17) is 16.0 Å². The molecule has 0 saturated heterocycles. The number of benzene rings is 1. The van der Waals surface area contributed by atoms with E-state index in [9.17, 15) is 5.11 Å². The fraction of sp³-hybridized carbons (Fsp3) is 0.286. The van der Waals surface area contributed by atoms with Crippen LogP contribution in [0.3, 0.4) is 0 Å². The van der Waals surface area contributed by atoms with Gasteiger partial charge in [0.1, 0.15) is 5.76 Å². The van der Waals surface area contributed by atoms with Crippen molar-refractivity contribution in [2.75, 3.05) is 11.9 Å². The normalized spacial score (nSPS) is 10.7. The van der Waals surface area contributed by atoms with Crippen molar-refractivity contribution in [2.45, 2.75) is 20.1 Å². The third-order valence-corrected chi connectivity index (χ3v) is 3.24. The van der Waals surface area contributed by atoms with Gasteiger partial charge in [-0.2, -0.15) is 0 Å². The largest absolute Gasteiger partial charge is 0.469 e. The number of nitrogens with zero attached hydrogens (tertiary/aromatic N) is 1. The summed E-state index contributed by atoms with van der Waals surface area (Å²) in [5, 5.41) is 10.0. The van der Waals surface area contributed by atoms with E-state index in [2.05, 4.69) is 4.90 Å². The minimum absolute atomic E-state index is 0.00120. The van der Waals surface area contributed by atoms with Crippen molar-refractivity contribution >= 4 is 17.3 Å². The van der Waals surface area contributed by atoms with Crippen LogP contribution >= 0.6 is 11.6 Å². The molecule has 0 saturated carbocycles. The Hall–Kier alpha value is -1.45. The Kier molecular flexibility index (Phi) is 3.94. The van der Waals surface area contributed by atoms with E-state index in [1.54, 1.807) is 12.3 Å². The lowest BCUT2D eigenvalue weighted by Gasteiger charge is -2.22. The van der Waals surface area contributed by atoms with Crippen molar-refractivity contribution in [1.82, 2.24) is 0 Å². The van der Waals surface area contributed by atoms with Crippen LogP contribution in [-0.2, 0) is 13.2 Å². The predicted octanol–water partition coefficient (Wildman–Crippen LogP) is 3.37. The smallest absolute Gasteiger partial charge is 0.105 e. The molecule has 1 aromatic carbocycles. The van der Waals surface area contributed by atoms with Crippen LogP contribution in [0.4, 0.5) is 5.69 Å². The molecule has 0 radical (unpaired) electrons. The number of halogens is 1. The van der Waals surface area contributed by atoms with Crippen molar-refractivity contribution in [3.63, 3.8) is 0 Å². The Bertz CT molecular complexity index is 536. The highest BCUT2D eigenvalue weighted by Crippen LogP contribution is 2.26. The maximum atomic E-state index is 9.35. The minimum Gasteiger partial charge on any atom is -0.469 e. The summed E-state index contributed by atoms with van der Waals surface area (Å²) in [6.07, 6.45) is 1.68. The summed E-state index contributed by atoms with van der Waals surface area (Å²) in [7, 11) is 1.97. The van der Waals surface area contributed by atoms with E-state index >= 15 is 0 Å². The van der Waals surface area contributed by atoms with Gasteiger partial charge >= 0.3 is 0 Å². The fourth-order valence-electron chi connectivity index (χ4n) is 1.94. The van der Waals surface area contributed by atoms with Gasteiger partial charge in [0.25, 0.3) is 0 Å². The van der Waals surface area contributed by atoms with Gasteiger partial charge in [0, 0.05) is 35.4 Å². The van der Waals surface area contributed by atoms with E-state index < -0.39 is 0 Å². The molecule has 0 unspecified atom stereocenters. The van der Waals surface area contributed by atoms with E-state index in [1.165, 1.54) is 0 Å². The van der Waals surface area contributed by atoms with E-state index in [0.29, 0.717) is 5.02 Å². The number of furan rings is 1. The van der Waals surface area contributed by atoms with Gasteiger partial charge in [-0.3, -0.25) is 0 Å². The maximum Gasteiger partial charge on any atom is 0.105 e. The monoisotopic (exact) mass is 265 g/mol. The van der Waals surface area contributed by atoms with E-state index in [-0.39, 0.29) is 6.61 Å². The van der Waals surface area contributed by atoms with Crippen LogP contribution in [0.5, 0.6) is 0 Å². The molecule has 3 nitrogen and oxygen atoms in total. The molecule has 0 bridgehead atoms. The number of aliphatic hydroxyl groups excluding tert-OH is 1. The second kappa shape index (κ2) is 5.46. The molecule has 1 N–H and O–H groups in total. The van der Waals surface area contributed by atoms with Crippen LogP contribution in [0.2, 0.25) is 5.02 Å². The van der Waals surface area contributed by atoms with Crippen LogP contribution < -0.4 is 4.90 Å². The number of aryl methyl sites for hydroxylation is 1. The van der Waals surface area contributed by atoms with Crippen LogP contribution in [0, 0.1) is 6.92 Å². The highest BCUT2D eigenvalue weighted by atomic mass is 35.5. The minimum atomic E-state index is 0.00120. The van der Waals surface area contributed by atoms with Gasteiger partial charge in [0.15, 0.2) is 0 Å². The predicted molar refractivity (Wildman–Crippen MR) is 72.9 cm³/mol. The molecular formula is C14H16ClNO2. The van der Waals surface area contributed by atoms with Crippen LogP contribution in [0.15, 0.2) is 34.9 Å². The van der Waals surface area contributed by atoms with Gasteiger partial charge in [-0.05, 0) is 25.1 Å². The van der Waals surface area contributed by atoms with Gasteiger partial charge in [0.2, 0.25) is 0 Å². The number of hydrogen-bond donors (Lipinski definition) is 1. The molecule has 0 atom stereocenters. The number of rotatable bonds is 4. The highest BCUT2D eigenvalue weighted by Gasteiger charge is 2.10. The SMILES string of the molecule is Cc1occc1CN(C)c1cc(Cl)ccc1CO. The summed E-state index contributed by atoms with van der Waals surface area (Å²) in [5.41, 5.74) is 2.93. The van der Waals surface area contributed by atoms with Crippen molar-refractivity contribution in [3.05, 3.63) is 52.4 Å². The highest BCUT2D eigenvalue weighted by molar-refractivity contribution is 6.30. The Labute approximate surface area is 112 Å². The molecule has 0 amide bonds. The first-order valence-electron chi connectivity index (χ1n) is 5.75. The lowest BCUT2D eigenvalue weighted by molar-refractivity contribution is 0.282. The molecule has 0 aliphatic heterocycles. The fourth-order valence-corrected chi connectivity index (χ4v) is 2.11. The number of aliphatic hydroxyl groups is 1. The molecule has 1 heterocycles. The van der Waals surface area contributed by atoms with Gasteiger partial charge in [-0.15, -0.1) is 0 Å². The number of anilines is 1. The van der Waals surface area contributed by atoms with Gasteiger partial charge in [-0.1, -0.05) is 17.7 Å². The molecule has 0 spiro atoms. The molecule has 0 fully saturated rings. The standard InChI is InChI=1S/C14H16ClNO2/c1-10-11(5-6-18-10)8-16(2)14-7-13(15)4-3-12(14)9-17/h3-7,17H,8-9H2,1-2H3. The topological polar surface area (TPSA) is 36.6 Å². The third-order valence-electron chi connectivity index (χ3n) is 3.00. The summed E-state index contributed by atoms with van der Waals surface area (Å²) in [5.74, 6) is 0.912. The van der Waals surface area contributed by atoms with Crippen LogP contribution in [0.1, 0.15) is 16.9 Å². The maximum absolute atomic E-state index is 9.35. The Balaban J connectivity index is 2.25. The first kappa shape index (κ1) is 13.0. The average Bonchev–Trinajstić information content (AvgIpc) is 2.75. The zero-order valence-corrected chi connectivity index (χ0v) is 11.2. The zero-order valence-electron chi connectivity index (χ0n) is 10.5. The molecule has 4 heteroatoms. The zero-order chi connectivity index (χ0) is 13.1. The van der Waals surface area contributed by atoms with Crippen molar-refractivity contribution in [2.24, 2.45) is 0 Å². The summed E-state index contributed by atoms with van der Waals surface area (Å²) in [6, 6.07) is 7.45. The summed E-state index contributed by atoms with van der Waals surface area (Å²) in [6.45, 7) is 2.66. The Morgan fingerprint density at radius 2 is 2.06 bits per heavy atom. The third kappa shape index (κ3) is 2.68. The Morgan fingerprint density at radius 3 is 2.67 bits per heavy atom. The number of hydrogen-bond acceptors (Lipinski definition) is 3. The van der Waals surface area contributed by atoms with Crippen molar-refractivity contribution < 1.29 is 9.52 Å². The lowest BCUT2D eigenvalue weighted by atomic mass is 10.1. The molecular weight excluding hydrogens is 250 g/mol. The van der Waals surface area contributed by atoms with Gasteiger partial charge in [-0.25, -0.2) is 0 Å². The second-order valence-electron chi connectivity index (χ2n) is 4.29. The molecule has 0 aliphatic carbocycles. The quantitative estimate of drug-likeness (QED) is 0.921. The van der Waals surface area contributed by atoms with Crippen molar-refractivity contribution in [1.29, 1.82) is 0 Å². The van der Waals surface area contributed by atoms with Crippen molar-refractivity contribution in [3.8, 4) is 0 Å². The second-order valence-corrected chi connectivity index (χ2v) is 4.73. The molecule has 2 aromatic rings. The van der Waals surface area contributed by atoms with E-state index in [1.807, 2.05) is 32.2 Å². The van der Waals surface area contributed by atoms with Gasteiger partial charge in [0.05, 0.1) is 12.9 Å². The first-order valence-corrected chi connectivity index (χ1v) is 6.13. The lowest BCUT2D eigenvalue weighted by Crippen LogP contribution is -2.18. The molecule has 18 heavy (non-hydrogen) atoms. The molecule has 1 aromatic heterocycles. The van der Waals surface area contributed by atoms with Gasteiger partial charge < -0.3 is 14.4 Å². The molecule has 96 valence electrons.